The van der Waals surface area contributed by atoms with Gasteiger partial charge in [-0.3, -0.25) is 14.8 Å². The molecule has 0 radical (unpaired) electrons. The van der Waals surface area contributed by atoms with E-state index in [2.05, 4.69) is 9.97 Å². The second-order valence-corrected chi connectivity index (χ2v) is 2.26. The molecule has 2 aromatic rings. The average molecular weight is 204 g/mol. The number of aromatic amines is 2. The first kappa shape index (κ1) is 9.33. The van der Waals surface area contributed by atoms with Crippen molar-refractivity contribution >= 4 is 23.6 Å². The molecule has 70 valence electrons. The smallest absolute Gasteiger partial charge is 0.327 e. The number of nitrogens with two attached hydrogens (primary N) is 1. The second kappa shape index (κ2) is 2.94. The van der Waals surface area contributed by atoms with Gasteiger partial charge < -0.3 is 5.84 Å². The van der Waals surface area contributed by atoms with Crippen molar-refractivity contribution in [2.24, 2.45) is 0 Å². The van der Waals surface area contributed by atoms with Crippen LogP contribution in [0.1, 0.15) is 0 Å². The molecular formula is C5H6ClN5O2. The topological polar surface area (TPSA) is 110 Å². The number of fused-ring (bicyclic) bond motifs is 1. The van der Waals surface area contributed by atoms with Gasteiger partial charge in [0.15, 0.2) is 11.2 Å². The third-order valence-electron chi connectivity index (χ3n) is 1.47. The number of H-pyrrole nitrogens is 2. The zero-order valence-corrected chi connectivity index (χ0v) is 7.09. The minimum atomic E-state index is -0.597. The first-order valence-corrected chi connectivity index (χ1v) is 3.13. The molecule has 0 aliphatic heterocycles. The molecule has 4 N–H and O–H groups in total. The van der Waals surface area contributed by atoms with E-state index in [-0.39, 0.29) is 23.6 Å². The standard InChI is InChI=1S/C5H5N5O2.ClH/c6-10-1-7-2-3(10)8-5(12)9-4(2)11;/h1H,6H2,(H2,8,9,11,12);1H. The summed E-state index contributed by atoms with van der Waals surface area (Å²) in [6, 6.07) is 0. The van der Waals surface area contributed by atoms with Gasteiger partial charge in [0, 0.05) is 0 Å². The van der Waals surface area contributed by atoms with Gasteiger partial charge in [0.05, 0.1) is 0 Å². The number of nitrogens with zero attached hydrogens (tertiary/aromatic N) is 2. The Bertz CT molecular complexity index is 538. The summed E-state index contributed by atoms with van der Waals surface area (Å²) in [7, 11) is 0. The van der Waals surface area contributed by atoms with E-state index < -0.39 is 11.2 Å². The maximum Gasteiger partial charge on any atom is 0.327 e. The largest absolute Gasteiger partial charge is 0.336 e. The van der Waals surface area contributed by atoms with Crippen molar-refractivity contribution in [3.05, 3.63) is 27.2 Å². The summed E-state index contributed by atoms with van der Waals surface area (Å²) in [4.78, 5) is 29.8. The number of imidazole rings is 1. The summed E-state index contributed by atoms with van der Waals surface area (Å²) in [5.74, 6) is 5.35. The van der Waals surface area contributed by atoms with Crippen molar-refractivity contribution in [1.29, 1.82) is 0 Å². The third-order valence-corrected chi connectivity index (χ3v) is 1.47. The van der Waals surface area contributed by atoms with Crippen molar-refractivity contribution in [1.82, 2.24) is 19.6 Å². The number of nitrogens with one attached hydrogen (secondary N) is 2. The van der Waals surface area contributed by atoms with Gasteiger partial charge in [-0.1, -0.05) is 0 Å². The van der Waals surface area contributed by atoms with E-state index >= 15 is 0 Å². The normalized spacial score (nSPS) is 9.85. The van der Waals surface area contributed by atoms with Gasteiger partial charge in [-0.15, -0.1) is 12.4 Å². The third kappa shape index (κ3) is 1.29. The van der Waals surface area contributed by atoms with Gasteiger partial charge >= 0.3 is 5.69 Å². The van der Waals surface area contributed by atoms with Gasteiger partial charge in [-0.2, -0.15) is 0 Å². The van der Waals surface area contributed by atoms with Gasteiger partial charge in [-0.05, 0) is 0 Å². The van der Waals surface area contributed by atoms with Crippen LogP contribution in [0.2, 0.25) is 0 Å². The van der Waals surface area contributed by atoms with E-state index in [0.29, 0.717) is 0 Å². The monoisotopic (exact) mass is 203 g/mol. The molecule has 8 heteroatoms. The van der Waals surface area contributed by atoms with Crippen LogP contribution in [0.15, 0.2) is 15.9 Å². The number of hydrogen-bond acceptors (Lipinski definition) is 4. The van der Waals surface area contributed by atoms with Gasteiger partial charge in [0.25, 0.3) is 5.56 Å². The molecule has 7 nitrogen and oxygen atoms in total. The molecule has 0 aliphatic rings. The maximum absolute atomic E-state index is 11.0. The van der Waals surface area contributed by atoms with E-state index in [1.54, 1.807) is 0 Å². The zero-order valence-electron chi connectivity index (χ0n) is 6.27. The molecule has 0 aromatic carbocycles. The highest BCUT2D eigenvalue weighted by Crippen LogP contribution is 1.96. The first-order valence-electron chi connectivity index (χ1n) is 3.13. The van der Waals surface area contributed by atoms with E-state index in [9.17, 15) is 9.59 Å². The average Bonchev–Trinajstić information content (AvgIpc) is 2.33. The number of halogens is 1. The number of hydrogen-bond donors (Lipinski definition) is 3. The molecule has 0 saturated carbocycles. The molecule has 0 saturated heterocycles. The van der Waals surface area contributed by atoms with E-state index in [1.165, 1.54) is 6.33 Å². The van der Waals surface area contributed by atoms with Crippen LogP contribution < -0.4 is 17.1 Å². The fourth-order valence-corrected chi connectivity index (χ4v) is 0.952. The summed E-state index contributed by atoms with van der Waals surface area (Å²) in [5.41, 5.74) is -0.807. The van der Waals surface area contributed by atoms with E-state index in [0.717, 1.165) is 4.68 Å². The predicted molar refractivity (Wildman–Crippen MR) is 48.4 cm³/mol. The van der Waals surface area contributed by atoms with Crippen molar-refractivity contribution < 1.29 is 0 Å². The summed E-state index contributed by atoms with van der Waals surface area (Å²) in [6.45, 7) is 0. The lowest BCUT2D eigenvalue weighted by molar-refractivity contribution is 0.988. The minimum Gasteiger partial charge on any atom is -0.336 e. The van der Waals surface area contributed by atoms with Crippen LogP contribution in [0.4, 0.5) is 0 Å². The first-order chi connectivity index (χ1) is 5.68. The van der Waals surface area contributed by atoms with Gasteiger partial charge in [0.1, 0.15) is 6.33 Å². The zero-order chi connectivity index (χ0) is 8.72. The Morgan fingerprint density at radius 1 is 1.38 bits per heavy atom. The van der Waals surface area contributed by atoms with Crippen molar-refractivity contribution in [2.45, 2.75) is 0 Å². The highest BCUT2D eigenvalue weighted by atomic mass is 35.5. The Labute approximate surface area is 77.0 Å². The minimum absolute atomic E-state index is 0. The molecule has 2 heterocycles. The SMILES string of the molecule is Cl.Nn1cnc2c(=O)[nH]c(=O)[nH]c21. The van der Waals surface area contributed by atoms with E-state index in [1.807, 2.05) is 4.98 Å². The number of nitrogen functional groups attached to an aromatic ring is 1. The van der Waals surface area contributed by atoms with E-state index in [4.69, 9.17) is 5.84 Å². The van der Waals surface area contributed by atoms with Crippen molar-refractivity contribution in [2.75, 3.05) is 5.84 Å². The summed E-state index contributed by atoms with van der Waals surface area (Å²) < 4.78 is 1.08. The van der Waals surface area contributed by atoms with Crippen molar-refractivity contribution in [3.63, 3.8) is 0 Å². The van der Waals surface area contributed by atoms with Crippen LogP contribution in [0.25, 0.3) is 11.2 Å². The summed E-state index contributed by atoms with van der Waals surface area (Å²) in [6.07, 6.45) is 1.25. The summed E-state index contributed by atoms with van der Waals surface area (Å²) >= 11 is 0. The highest BCUT2D eigenvalue weighted by molar-refractivity contribution is 5.85. The van der Waals surface area contributed by atoms with Crippen LogP contribution in [-0.2, 0) is 0 Å². The molecule has 0 spiro atoms. The quantitative estimate of drug-likeness (QED) is 0.455. The Hall–Kier alpha value is -1.76. The maximum atomic E-state index is 11.0. The molecule has 13 heavy (non-hydrogen) atoms. The van der Waals surface area contributed by atoms with Crippen LogP contribution in [0, 0.1) is 0 Å². The number of rotatable bonds is 0. The molecule has 2 rings (SSSR count). The number of aromatic nitrogens is 4. The molecular weight excluding hydrogens is 198 g/mol. The molecule has 0 aliphatic carbocycles. The molecule has 2 aromatic heterocycles. The second-order valence-electron chi connectivity index (χ2n) is 2.26. The van der Waals surface area contributed by atoms with Crippen LogP contribution in [0.5, 0.6) is 0 Å². The molecule has 0 bridgehead atoms. The fourth-order valence-electron chi connectivity index (χ4n) is 0.952. The highest BCUT2D eigenvalue weighted by Gasteiger charge is 2.04. The molecule has 0 amide bonds. The Morgan fingerprint density at radius 3 is 2.77 bits per heavy atom. The van der Waals surface area contributed by atoms with Crippen molar-refractivity contribution in [3.8, 4) is 0 Å². The lowest BCUT2D eigenvalue weighted by atomic mass is 10.5. The molecule has 0 atom stereocenters. The van der Waals surface area contributed by atoms with Crippen LogP contribution in [0.3, 0.4) is 0 Å². The summed E-state index contributed by atoms with van der Waals surface area (Å²) in [5, 5.41) is 0. The van der Waals surface area contributed by atoms with Gasteiger partial charge in [0.2, 0.25) is 0 Å². The van der Waals surface area contributed by atoms with Crippen LogP contribution in [-0.4, -0.2) is 19.6 Å². The lowest BCUT2D eigenvalue weighted by Gasteiger charge is -1.90. The molecule has 0 fully saturated rings. The Kier molecular flexibility index (Phi) is 2.11. The fraction of sp³-hybridized carbons (Fsp3) is 0. The Balaban J connectivity index is 0.000000845. The Morgan fingerprint density at radius 2 is 2.08 bits per heavy atom. The lowest BCUT2D eigenvalue weighted by Crippen LogP contribution is -2.23. The predicted octanol–water partition coefficient (Wildman–Crippen LogP) is -1.45. The molecule has 0 unspecified atom stereocenters. The van der Waals surface area contributed by atoms with Gasteiger partial charge in [-0.25, -0.2) is 14.5 Å². The van der Waals surface area contributed by atoms with Crippen LogP contribution >= 0.6 is 12.4 Å².